The number of rotatable bonds is 10. The van der Waals surface area contributed by atoms with E-state index in [9.17, 15) is 18.0 Å². The number of sulfonamides is 1. The van der Waals surface area contributed by atoms with Crippen LogP contribution in [0.3, 0.4) is 0 Å². The van der Waals surface area contributed by atoms with Gasteiger partial charge in [-0.05, 0) is 64.7 Å². The van der Waals surface area contributed by atoms with Crippen LogP contribution in [-0.4, -0.2) is 44.3 Å². The van der Waals surface area contributed by atoms with Crippen LogP contribution in [-0.2, 0) is 19.6 Å². The molecule has 1 N–H and O–H groups in total. The molecule has 2 rings (SSSR count). The maximum atomic E-state index is 13.6. The summed E-state index contributed by atoms with van der Waals surface area (Å²) in [4.78, 5) is 26.5. The molecule has 7 nitrogen and oxygen atoms in total. The smallest absolute Gasteiger partial charge is 0.341 e. The standard InChI is InChI=1S/C24H34N2O5S2/c1-8-10-11-26(33(29,30)22-16(4)12-15(3)13-17(22)5)14-20(27)25-23-21(24(28)31-9-2)18(6)19(7)32-23/h12-13H,8-11,14H2,1-7H3,(H,25,27). The molecule has 9 heteroatoms. The van der Waals surface area contributed by atoms with E-state index >= 15 is 0 Å². The number of nitrogens with one attached hydrogen (secondary N) is 1. The maximum absolute atomic E-state index is 13.6. The summed E-state index contributed by atoms with van der Waals surface area (Å²) in [5.74, 6) is -1.00. The van der Waals surface area contributed by atoms with Crippen LogP contribution in [0.15, 0.2) is 17.0 Å². The molecule has 1 amide bonds. The summed E-state index contributed by atoms with van der Waals surface area (Å²) >= 11 is 1.28. The molecule has 0 aliphatic rings. The van der Waals surface area contributed by atoms with Crippen LogP contribution in [0.4, 0.5) is 5.00 Å². The number of benzene rings is 1. The first-order valence-electron chi connectivity index (χ1n) is 11.1. The first-order valence-corrected chi connectivity index (χ1v) is 13.3. The molecule has 0 aliphatic heterocycles. The van der Waals surface area contributed by atoms with E-state index < -0.39 is 21.9 Å². The fraction of sp³-hybridized carbons (Fsp3) is 0.500. The highest BCUT2D eigenvalue weighted by Crippen LogP contribution is 2.33. The van der Waals surface area contributed by atoms with Crippen LogP contribution < -0.4 is 5.32 Å². The Morgan fingerprint density at radius 2 is 1.67 bits per heavy atom. The summed E-state index contributed by atoms with van der Waals surface area (Å²) in [6.07, 6.45) is 1.41. The van der Waals surface area contributed by atoms with Crippen molar-refractivity contribution >= 4 is 38.2 Å². The summed E-state index contributed by atoms with van der Waals surface area (Å²) in [7, 11) is -3.89. The third-order valence-electron chi connectivity index (χ3n) is 5.40. The van der Waals surface area contributed by atoms with E-state index in [1.54, 1.807) is 27.7 Å². The molecular formula is C24H34N2O5S2. The summed E-state index contributed by atoms with van der Waals surface area (Å²) in [6, 6.07) is 3.67. The van der Waals surface area contributed by atoms with Crippen molar-refractivity contribution in [2.24, 2.45) is 0 Å². The lowest BCUT2D eigenvalue weighted by Gasteiger charge is -2.24. The van der Waals surface area contributed by atoms with Crippen LogP contribution in [0.1, 0.15) is 64.2 Å². The maximum Gasteiger partial charge on any atom is 0.341 e. The number of hydrogen-bond donors (Lipinski definition) is 1. The van der Waals surface area contributed by atoms with E-state index in [1.165, 1.54) is 15.6 Å². The van der Waals surface area contributed by atoms with Crippen molar-refractivity contribution in [1.29, 1.82) is 0 Å². The Labute approximate surface area is 201 Å². The highest BCUT2D eigenvalue weighted by molar-refractivity contribution is 7.89. The second-order valence-electron chi connectivity index (χ2n) is 8.18. The predicted molar refractivity (Wildman–Crippen MR) is 133 cm³/mol. The Kier molecular flexibility index (Phi) is 9.22. The SMILES string of the molecule is CCCCN(CC(=O)Nc1sc(C)c(C)c1C(=O)OCC)S(=O)(=O)c1c(C)cc(C)cc1C. The van der Waals surface area contributed by atoms with Gasteiger partial charge in [-0.15, -0.1) is 11.3 Å². The van der Waals surface area contributed by atoms with Gasteiger partial charge in [-0.1, -0.05) is 31.0 Å². The molecule has 0 spiro atoms. The molecular weight excluding hydrogens is 460 g/mol. The molecule has 182 valence electrons. The number of nitrogens with zero attached hydrogens (tertiary/aromatic N) is 1. The van der Waals surface area contributed by atoms with E-state index in [4.69, 9.17) is 4.74 Å². The lowest BCUT2D eigenvalue weighted by atomic mass is 10.1. The molecule has 1 aromatic carbocycles. The van der Waals surface area contributed by atoms with E-state index in [0.29, 0.717) is 28.1 Å². The van der Waals surface area contributed by atoms with Gasteiger partial charge >= 0.3 is 5.97 Å². The largest absolute Gasteiger partial charge is 0.462 e. The van der Waals surface area contributed by atoms with E-state index in [2.05, 4.69) is 5.32 Å². The van der Waals surface area contributed by atoms with Crippen LogP contribution in [0.2, 0.25) is 0 Å². The van der Waals surface area contributed by atoms with Gasteiger partial charge < -0.3 is 10.1 Å². The summed E-state index contributed by atoms with van der Waals surface area (Å²) in [5, 5.41) is 3.13. The summed E-state index contributed by atoms with van der Waals surface area (Å²) < 4.78 is 33.5. The molecule has 0 saturated heterocycles. The zero-order valence-electron chi connectivity index (χ0n) is 20.5. The third kappa shape index (κ3) is 6.22. The highest BCUT2D eigenvalue weighted by Gasteiger charge is 2.30. The van der Waals surface area contributed by atoms with Crippen LogP contribution >= 0.6 is 11.3 Å². The average Bonchev–Trinajstić information content (AvgIpc) is 2.97. The lowest BCUT2D eigenvalue weighted by Crippen LogP contribution is -2.39. The quantitative estimate of drug-likeness (QED) is 0.475. The predicted octanol–water partition coefficient (Wildman–Crippen LogP) is 4.90. The molecule has 0 aliphatic carbocycles. The van der Waals surface area contributed by atoms with Gasteiger partial charge in [0.2, 0.25) is 15.9 Å². The van der Waals surface area contributed by atoms with Crippen LogP contribution in [0, 0.1) is 34.6 Å². The molecule has 0 saturated carbocycles. The molecule has 33 heavy (non-hydrogen) atoms. The normalized spacial score (nSPS) is 11.6. The Morgan fingerprint density at radius 3 is 2.21 bits per heavy atom. The topological polar surface area (TPSA) is 92.8 Å². The van der Waals surface area contributed by atoms with E-state index in [0.717, 1.165) is 22.4 Å². The van der Waals surface area contributed by atoms with E-state index in [1.807, 2.05) is 32.9 Å². The number of hydrogen-bond acceptors (Lipinski definition) is 6. The second-order valence-corrected chi connectivity index (χ2v) is 11.3. The lowest BCUT2D eigenvalue weighted by molar-refractivity contribution is -0.116. The fourth-order valence-corrected chi connectivity index (χ4v) is 6.72. The third-order valence-corrected chi connectivity index (χ3v) is 8.68. The molecule has 0 radical (unpaired) electrons. The van der Waals surface area contributed by atoms with Crippen molar-refractivity contribution in [3.05, 3.63) is 44.8 Å². The molecule has 0 bridgehead atoms. The first kappa shape index (κ1) is 27.0. The monoisotopic (exact) mass is 494 g/mol. The van der Waals surface area contributed by atoms with E-state index in [-0.39, 0.29) is 24.6 Å². The molecule has 0 atom stereocenters. The second kappa shape index (κ2) is 11.3. The van der Waals surface area contributed by atoms with Crippen LogP contribution in [0.5, 0.6) is 0 Å². The first-order chi connectivity index (χ1) is 15.4. The molecule has 0 fully saturated rings. The number of anilines is 1. The van der Waals surface area contributed by atoms with Gasteiger partial charge in [0.25, 0.3) is 0 Å². The van der Waals surface area contributed by atoms with Gasteiger partial charge in [0.15, 0.2) is 0 Å². The van der Waals surface area contributed by atoms with Crippen molar-refractivity contribution in [2.75, 3.05) is 25.0 Å². The Balaban J connectivity index is 2.37. The van der Waals surface area contributed by atoms with Gasteiger partial charge in [0, 0.05) is 11.4 Å². The number of carbonyl (C=O) groups is 2. The number of carbonyl (C=O) groups excluding carboxylic acids is 2. The zero-order valence-corrected chi connectivity index (χ0v) is 22.1. The number of unbranched alkanes of at least 4 members (excludes halogenated alkanes) is 1. The minimum absolute atomic E-state index is 0.221. The Morgan fingerprint density at radius 1 is 1.06 bits per heavy atom. The van der Waals surface area contributed by atoms with Crippen molar-refractivity contribution < 1.29 is 22.7 Å². The molecule has 1 heterocycles. The molecule has 0 unspecified atom stereocenters. The number of amides is 1. The van der Waals surface area contributed by atoms with Crippen molar-refractivity contribution in [3.8, 4) is 0 Å². The minimum Gasteiger partial charge on any atom is -0.462 e. The van der Waals surface area contributed by atoms with Gasteiger partial charge in [0.1, 0.15) is 5.00 Å². The van der Waals surface area contributed by atoms with Gasteiger partial charge in [-0.2, -0.15) is 4.31 Å². The van der Waals surface area contributed by atoms with Crippen molar-refractivity contribution in [2.45, 2.75) is 66.2 Å². The molecule has 1 aromatic heterocycles. The zero-order chi connectivity index (χ0) is 24.9. The Bertz CT molecular complexity index is 1110. The fourth-order valence-electron chi connectivity index (χ4n) is 3.81. The number of aryl methyl sites for hydroxylation is 4. The number of thiophene rings is 1. The summed E-state index contributed by atoms with van der Waals surface area (Å²) in [5.41, 5.74) is 3.36. The van der Waals surface area contributed by atoms with Crippen molar-refractivity contribution in [1.82, 2.24) is 4.31 Å². The summed E-state index contributed by atoms with van der Waals surface area (Å²) in [6.45, 7) is 12.9. The molecule has 2 aromatic rings. The van der Waals surface area contributed by atoms with Crippen molar-refractivity contribution in [3.63, 3.8) is 0 Å². The number of esters is 1. The highest BCUT2D eigenvalue weighted by atomic mass is 32.2. The van der Waals surface area contributed by atoms with Gasteiger partial charge in [-0.3, -0.25) is 4.79 Å². The number of ether oxygens (including phenoxy) is 1. The van der Waals surface area contributed by atoms with Gasteiger partial charge in [0.05, 0.1) is 23.6 Å². The average molecular weight is 495 g/mol. The Hall–Kier alpha value is -2.23. The van der Waals surface area contributed by atoms with Gasteiger partial charge in [-0.25, -0.2) is 13.2 Å². The minimum atomic E-state index is -3.89. The van der Waals surface area contributed by atoms with Crippen LogP contribution in [0.25, 0.3) is 0 Å².